The van der Waals surface area contributed by atoms with Crippen molar-refractivity contribution in [3.05, 3.63) is 68.6 Å². The van der Waals surface area contributed by atoms with Crippen molar-refractivity contribution in [2.24, 2.45) is 0 Å². The van der Waals surface area contributed by atoms with Crippen LogP contribution < -0.4 is 9.46 Å². The van der Waals surface area contributed by atoms with Crippen LogP contribution >= 0.6 is 46.4 Å². The van der Waals surface area contributed by atoms with Crippen LogP contribution in [0.3, 0.4) is 0 Å². The first kappa shape index (κ1) is 23.0. The molecule has 0 radical (unpaired) electrons. The number of ether oxygens (including phenoxy) is 1. The molecule has 8 nitrogen and oxygen atoms in total. The molecule has 0 fully saturated rings. The van der Waals surface area contributed by atoms with Crippen molar-refractivity contribution >= 4 is 62.1 Å². The van der Waals surface area contributed by atoms with Crippen LogP contribution in [0.1, 0.15) is 0 Å². The standard InChI is InChI=1S/C19H13Cl4N5O3S/c20-12-4-2-1-3-11(12)19-26-25-17-5-6-18(27-28(17)19)31-8-7-24-32(29,30)16-10-14(22)13(21)9-15(16)23/h1-6,9-10,24H,7-8H2. The maximum absolute atomic E-state index is 12.5. The van der Waals surface area contributed by atoms with E-state index in [0.717, 1.165) is 0 Å². The van der Waals surface area contributed by atoms with Crippen molar-refractivity contribution in [1.82, 2.24) is 24.5 Å². The number of rotatable bonds is 7. The number of hydrogen-bond donors (Lipinski definition) is 1. The average molecular weight is 533 g/mol. The van der Waals surface area contributed by atoms with E-state index in [9.17, 15) is 8.42 Å². The van der Waals surface area contributed by atoms with Crippen LogP contribution in [0.4, 0.5) is 0 Å². The molecule has 0 amide bonds. The lowest BCUT2D eigenvalue weighted by Crippen LogP contribution is -2.28. The van der Waals surface area contributed by atoms with Crippen molar-refractivity contribution in [2.45, 2.75) is 4.90 Å². The summed E-state index contributed by atoms with van der Waals surface area (Å²) in [4.78, 5) is -0.179. The van der Waals surface area contributed by atoms with E-state index in [2.05, 4.69) is 20.0 Å². The average Bonchev–Trinajstić information content (AvgIpc) is 3.17. The number of fused-ring (bicyclic) bond motifs is 1. The molecule has 2 heterocycles. The van der Waals surface area contributed by atoms with Crippen LogP contribution in [0.25, 0.3) is 17.0 Å². The highest BCUT2D eigenvalue weighted by molar-refractivity contribution is 7.89. The summed E-state index contributed by atoms with van der Waals surface area (Å²) in [5.41, 5.74) is 1.17. The second-order valence-electron chi connectivity index (χ2n) is 6.39. The number of hydrogen-bond acceptors (Lipinski definition) is 6. The third-order valence-electron chi connectivity index (χ3n) is 4.26. The molecule has 0 spiro atoms. The lowest BCUT2D eigenvalue weighted by Gasteiger charge is -2.10. The summed E-state index contributed by atoms with van der Waals surface area (Å²) in [5, 5.41) is 13.3. The maximum atomic E-state index is 12.5. The van der Waals surface area contributed by atoms with E-state index in [1.54, 1.807) is 24.3 Å². The smallest absolute Gasteiger partial charge is 0.242 e. The van der Waals surface area contributed by atoms with E-state index in [0.29, 0.717) is 22.1 Å². The first-order chi connectivity index (χ1) is 15.3. The number of aromatic nitrogens is 4. The Morgan fingerprint density at radius 2 is 1.66 bits per heavy atom. The molecule has 13 heteroatoms. The van der Waals surface area contributed by atoms with Crippen LogP contribution in [-0.4, -0.2) is 41.4 Å². The van der Waals surface area contributed by atoms with E-state index in [1.165, 1.54) is 16.6 Å². The maximum Gasteiger partial charge on any atom is 0.242 e. The van der Waals surface area contributed by atoms with Gasteiger partial charge in [-0.15, -0.1) is 15.3 Å². The van der Waals surface area contributed by atoms with Gasteiger partial charge in [0.1, 0.15) is 11.5 Å². The minimum absolute atomic E-state index is 0.000228. The van der Waals surface area contributed by atoms with E-state index < -0.39 is 10.0 Å². The second-order valence-corrected chi connectivity index (χ2v) is 9.75. The zero-order chi connectivity index (χ0) is 22.9. The van der Waals surface area contributed by atoms with Crippen LogP contribution in [0, 0.1) is 0 Å². The van der Waals surface area contributed by atoms with Gasteiger partial charge in [-0.2, -0.15) is 4.52 Å². The van der Waals surface area contributed by atoms with E-state index in [1.807, 2.05) is 12.1 Å². The van der Waals surface area contributed by atoms with Crippen molar-refractivity contribution in [3.63, 3.8) is 0 Å². The molecule has 2 aromatic heterocycles. The highest BCUT2D eigenvalue weighted by Crippen LogP contribution is 2.31. The molecule has 166 valence electrons. The monoisotopic (exact) mass is 531 g/mol. The molecule has 0 saturated heterocycles. The van der Waals surface area contributed by atoms with Crippen LogP contribution in [0.5, 0.6) is 5.88 Å². The lowest BCUT2D eigenvalue weighted by atomic mass is 10.2. The second kappa shape index (κ2) is 9.38. The molecule has 4 rings (SSSR count). The summed E-state index contributed by atoms with van der Waals surface area (Å²) in [6.07, 6.45) is 0. The number of benzene rings is 2. The SMILES string of the molecule is O=S(=O)(NCCOc1ccc2nnc(-c3ccccc3Cl)n2n1)c1cc(Cl)c(Cl)cc1Cl. The van der Waals surface area contributed by atoms with Gasteiger partial charge in [0.2, 0.25) is 15.9 Å². The molecule has 4 aromatic rings. The first-order valence-electron chi connectivity index (χ1n) is 9.00. The molecule has 0 aliphatic heterocycles. The highest BCUT2D eigenvalue weighted by atomic mass is 35.5. The summed E-state index contributed by atoms with van der Waals surface area (Å²) in [6, 6.07) is 12.9. The fraction of sp³-hybridized carbons (Fsp3) is 0.105. The zero-order valence-corrected chi connectivity index (χ0v) is 19.8. The van der Waals surface area contributed by atoms with Gasteiger partial charge < -0.3 is 4.74 Å². The zero-order valence-electron chi connectivity index (χ0n) is 16.0. The van der Waals surface area contributed by atoms with E-state index in [4.69, 9.17) is 51.1 Å². The third-order valence-corrected chi connectivity index (χ3v) is 7.24. The molecule has 0 unspecified atom stereocenters. The summed E-state index contributed by atoms with van der Waals surface area (Å²) in [6.45, 7) is -0.0433. The Kier molecular flexibility index (Phi) is 6.75. The van der Waals surface area contributed by atoms with Crippen molar-refractivity contribution in [2.75, 3.05) is 13.2 Å². The Bertz CT molecular complexity index is 1410. The summed E-state index contributed by atoms with van der Waals surface area (Å²) in [7, 11) is -3.92. The van der Waals surface area contributed by atoms with Crippen LogP contribution in [0.15, 0.2) is 53.4 Å². The van der Waals surface area contributed by atoms with Gasteiger partial charge in [-0.1, -0.05) is 58.5 Å². The van der Waals surface area contributed by atoms with Gasteiger partial charge in [0, 0.05) is 18.2 Å². The Morgan fingerprint density at radius 1 is 0.906 bits per heavy atom. The quantitative estimate of drug-likeness (QED) is 0.272. The minimum atomic E-state index is -3.92. The third kappa shape index (κ3) is 4.78. The molecule has 0 atom stereocenters. The van der Waals surface area contributed by atoms with E-state index >= 15 is 0 Å². The van der Waals surface area contributed by atoms with Gasteiger partial charge in [0.15, 0.2) is 11.5 Å². The van der Waals surface area contributed by atoms with Crippen LogP contribution in [-0.2, 0) is 10.0 Å². The molecule has 0 aliphatic carbocycles. The van der Waals surface area contributed by atoms with Crippen molar-refractivity contribution in [3.8, 4) is 17.3 Å². The molecule has 1 N–H and O–H groups in total. The molecular weight excluding hydrogens is 520 g/mol. The Morgan fingerprint density at radius 3 is 2.44 bits per heavy atom. The van der Waals surface area contributed by atoms with Gasteiger partial charge in [-0.25, -0.2) is 13.1 Å². The predicted molar refractivity (Wildman–Crippen MR) is 123 cm³/mol. The molecule has 32 heavy (non-hydrogen) atoms. The largest absolute Gasteiger partial charge is 0.475 e. The number of halogens is 4. The van der Waals surface area contributed by atoms with Gasteiger partial charge >= 0.3 is 0 Å². The van der Waals surface area contributed by atoms with Crippen LogP contribution in [0.2, 0.25) is 20.1 Å². The fourth-order valence-electron chi connectivity index (χ4n) is 2.78. The minimum Gasteiger partial charge on any atom is -0.475 e. The highest BCUT2D eigenvalue weighted by Gasteiger charge is 2.20. The van der Waals surface area contributed by atoms with Gasteiger partial charge in [-0.3, -0.25) is 0 Å². The lowest BCUT2D eigenvalue weighted by molar-refractivity contribution is 0.306. The molecule has 2 aromatic carbocycles. The fourth-order valence-corrected chi connectivity index (χ4v) is 5.01. The molecular formula is C19H13Cl4N5O3S. The molecule has 0 aliphatic rings. The summed E-state index contributed by atoms with van der Waals surface area (Å²) < 4.78 is 34.5. The van der Waals surface area contributed by atoms with Gasteiger partial charge in [0.05, 0.1) is 20.1 Å². The number of nitrogens with one attached hydrogen (secondary N) is 1. The predicted octanol–water partition coefficient (Wildman–Crippen LogP) is 4.76. The molecule has 0 bridgehead atoms. The van der Waals surface area contributed by atoms with E-state index in [-0.39, 0.29) is 39.0 Å². The normalized spacial score (nSPS) is 11.8. The summed E-state index contributed by atoms with van der Waals surface area (Å²) in [5.74, 6) is 0.698. The Balaban J connectivity index is 1.46. The molecule has 0 saturated carbocycles. The Hall–Kier alpha value is -2.14. The number of sulfonamides is 1. The van der Waals surface area contributed by atoms with Crippen molar-refractivity contribution < 1.29 is 13.2 Å². The topological polar surface area (TPSA) is 98.5 Å². The Labute approximate surface area is 203 Å². The van der Waals surface area contributed by atoms with Gasteiger partial charge in [0.25, 0.3) is 0 Å². The van der Waals surface area contributed by atoms with Gasteiger partial charge in [-0.05, 0) is 30.3 Å². The summed E-state index contributed by atoms with van der Waals surface area (Å²) >= 11 is 24.0. The number of nitrogens with zero attached hydrogens (tertiary/aromatic N) is 4. The van der Waals surface area contributed by atoms with Crippen molar-refractivity contribution in [1.29, 1.82) is 0 Å². The first-order valence-corrected chi connectivity index (χ1v) is 12.0.